The average molecular weight is 489 g/mol. The minimum Gasteiger partial charge on any atom is -0.490 e. The molecule has 2 N–H and O–H groups in total. The van der Waals surface area contributed by atoms with E-state index in [1.165, 1.54) is 51.4 Å². The standard InChI is InChI=1S/C25H39ClFO4P/c1-3-4-18-5-7-19(8-6-18)20-9-11-21(12-10-20)22-13-14-23(25(27)24(22)26)31-15-17(2)16-32(28,29)30/h13-14,17-21H,3-12,15-16H2,1-2H3,(H2,28,29,30). The molecule has 2 saturated carbocycles. The molecule has 0 aliphatic heterocycles. The van der Waals surface area contributed by atoms with Crippen molar-refractivity contribution in [2.45, 2.75) is 84.0 Å². The SMILES string of the molecule is CCCC1CCC(C2CCC(c3ccc(OCC(C)CP(=O)(O)O)c(F)c3Cl)CC2)CC1. The molecule has 0 amide bonds. The van der Waals surface area contributed by atoms with Crippen molar-refractivity contribution in [3.63, 3.8) is 0 Å². The van der Waals surface area contributed by atoms with Gasteiger partial charge in [0.05, 0.1) is 17.8 Å². The number of benzene rings is 1. The first-order valence-electron chi connectivity index (χ1n) is 12.3. The lowest BCUT2D eigenvalue weighted by Gasteiger charge is -2.38. The Morgan fingerprint density at radius 2 is 1.69 bits per heavy atom. The highest BCUT2D eigenvalue weighted by Gasteiger charge is 2.32. The van der Waals surface area contributed by atoms with E-state index in [2.05, 4.69) is 6.92 Å². The van der Waals surface area contributed by atoms with Crippen LogP contribution in [0, 0.1) is 29.5 Å². The van der Waals surface area contributed by atoms with E-state index < -0.39 is 13.4 Å². The summed E-state index contributed by atoms with van der Waals surface area (Å²) in [5.41, 5.74) is 0.866. The molecule has 7 heteroatoms. The van der Waals surface area contributed by atoms with Gasteiger partial charge in [-0.05, 0) is 73.8 Å². The van der Waals surface area contributed by atoms with Gasteiger partial charge in [-0.3, -0.25) is 4.57 Å². The molecule has 2 aliphatic carbocycles. The van der Waals surface area contributed by atoms with Gasteiger partial charge in [-0.15, -0.1) is 0 Å². The highest BCUT2D eigenvalue weighted by atomic mass is 35.5. The lowest BCUT2D eigenvalue weighted by Crippen LogP contribution is -2.25. The first-order valence-corrected chi connectivity index (χ1v) is 14.5. The molecule has 32 heavy (non-hydrogen) atoms. The third kappa shape index (κ3) is 7.19. The number of halogens is 2. The minimum atomic E-state index is -4.11. The summed E-state index contributed by atoms with van der Waals surface area (Å²) in [6.45, 7) is 3.98. The molecule has 3 rings (SSSR count). The summed E-state index contributed by atoms with van der Waals surface area (Å²) in [6, 6.07) is 3.48. The Labute approximate surface area is 197 Å². The first kappa shape index (κ1) is 26.0. The summed E-state index contributed by atoms with van der Waals surface area (Å²) in [4.78, 5) is 18.1. The third-order valence-corrected chi connectivity index (χ3v) is 9.10. The van der Waals surface area contributed by atoms with Crippen LogP contribution in [-0.4, -0.2) is 22.6 Å². The molecule has 0 radical (unpaired) electrons. The quantitative estimate of drug-likeness (QED) is 0.352. The summed E-state index contributed by atoms with van der Waals surface area (Å²) in [5, 5.41) is 0.133. The topological polar surface area (TPSA) is 66.8 Å². The van der Waals surface area contributed by atoms with Crippen molar-refractivity contribution in [2.24, 2.45) is 23.7 Å². The molecule has 1 aromatic rings. The van der Waals surface area contributed by atoms with E-state index in [1.807, 2.05) is 6.07 Å². The molecule has 0 aromatic heterocycles. The van der Waals surface area contributed by atoms with Gasteiger partial charge < -0.3 is 14.5 Å². The fourth-order valence-electron chi connectivity index (χ4n) is 5.92. The molecule has 1 unspecified atom stereocenters. The Hall–Kier alpha value is -0.610. The lowest BCUT2D eigenvalue weighted by atomic mass is 9.68. The minimum absolute atomic E-state index is 0.0311. The highest BCUT2D eigenvalue weighted by Crippen LogP contribution is 2.46. The summed E-state index contributed by atoms with van der Waals surface area (Å²) in [7, 11) is -4.11. The summed E-state index contributed by atoms with van der Waals surface area (Å²) in [6.07, 6.45) is 12.4. The van der Waals surface area contributed by atoms with Gasteiger partial charge in [0.25, 0.3) is 0 Å². The van der Waals surface area contributed by atoms with Gasteiger partial charge in [0.15, 0.2) is 11.6 Å². The summed E-state index contributed by atoms with van der Waals surface area (Å²) < 4.78 is 31.5. The molecule has 2 fully saturated rings. The molecule has 0 saturated heterocycles. The van der Waals surface area contributed by atoms with Crippen molar-refractivity contribution >= 4 is 19.2 Å². The van der Waals surface area contributed by atoms with E-state index in [0.717, 1.165) is 36.2 Å². The zero-order valence-corrected chi connectivity index (χ0v) is 21.1. The van der Waals surface area contributed by atoms with Crippen LogP contribution in [0.15, 0.2) is 12.1 Å². The smallest absolute Gasteiger partial charge is 0.325 e. The van der Waals surface area contributed by atoms with Gasteiger partial charge >= 0.3 is 7.60 Å². The Morgan fingerprint density at radius 1 is 1.09 bits per heavy atom. The van der Waals surface area contributed by atoms with E-state index in [0.29, 0.717) is 0 Å². The van der Waals surface area contributed by atoms with Crippen molar-refractivity contribution in [1.82, 2.24) is 0 Å². The number of hydrogen-bond donors (Lipinski definition) is 2. The van der Waals surface area contributed by atoms with Crippen LogP contribution in [0.2, 0.25) is 5.02 Å². The predicted molar refractivity (Wildman–Crippen MR) is 128 cm³/mol. The summed E-state index contributed by atoms with van der Waals surface area (Å²) >= 11 is 6.40. The highest BCUT2D eigenvalue weighted by molar-refractivity contribution is 7.51. The molecular formula is C25H39ClFO4P. The van der Waals surface area contributed by atoms with Crippen molar-refractivity contribution < 1.29 is 23.5 Å². The fourth-order valence-corrected chi connectivity index (χ4v) is 7.15. The molecular weight excluding hydrogens is 450 g/mol. The molecule has 182 valence electrons. The molecule has 0 spiro atoms. The van der Waals surface area contributed by atoms with Crippen molar-refractivity contribution in [2.75, 3.05) is 12.8 Å². The monoisotopic (exact) mass is 488 g/mol. The zero-order valence-electron chi connectivity index (χ0n) is 19.4. The predicted octanol–water partition coefficient (Wildman–Crippen LogP) is 7.55. The maximum atomic E-state index is 14.9. The van der Waals surface area contributed by atoms with Crippen LogP contribution >= 0.6 is 19.2 Å². The van der Waals surface area contributed by atoms with Gasteiger partial charge in [-0.1, -0.05) is 57.2 Å². The second kappa shape index (κ2) is 11.7. The third-order valence-electron chi connectivity index (χ3n) is 7.62. The van der Waals surface area contributed by atoms with Gasteiger partial charge in [-0.25, -0.2) is 4.39 Å². The molecule has 2 aliphatic rings. The van der Waals surface area contributed by atoms with E-state index in [1.54, 1.807) is 13.0 Å². The van der Waals surface area contributed by atoms with Crippen LogP contribution in [0.5, 0.6) is 5.75 Å². The second-order valence-corrected chi connectivity index (χ2v) is 12.3. The Kier molecular flexibility index (Phi) is 9.50. The number of hydrogen-bond acceptors (Lipinski definition) is 2. The summed E-state index contributed by atoms with van der Waals surface area (Å²) in [5.74, 6) is 1.98. The van der Waals surface area contributed by atoms with Crippen LogP contribution in [0.4, 0.5) is 4.39 Å². The van der Waals surface area contributed by atoms with Gasteiger partial charge in [0, 0.05) is 5.92 Å². The van der Waals surface area contributed by atoms with Crippen LogP contribution in [-0.2, 0) is 4.57 Å². The van der Waals surface area contributed by atoms with Crippen LogP contribution in [0.1, 0.15) is 89.5 Å². The Morgan fingerprint density at radius 3 is 2.25 bits per heavy atom. The van der Waals surface area contributed by atoms with E-state index >= 15 is 0 Å². The van der Waals surface area contributed by atoms with E-state index in [4.69, 9.17) is 26.1 Å². The number of rotatable bonds is 9. The van der Waals surface area contributed by atoms with Crippen molar-refractivity contribution in [3.8, 4) is 5.75 Å². The molecule has 1 atom stereocenters. The molecule has 1 aromatic carbocycles. The normalized spacial score (nSPS) is 27.8. The molecule has 4 nitrogen and oxygen atoms in total. The Balaban J connectivity index is 1.52. The van der Waals surface area contributed by atoms with E-state index in [9.17, 15) is 8.96 Å². The second-order valence-electron chi connectivity index (χ2n) is 10.2. The fraction of sp³-hybridized carbons (Fsp3) is 0.760. The maximum Gasteiger partial charge on any atom is 0.325 e. The number of ether oxygens (including phenoxy) is 1. The Bertz CT molecular complexity index is 782. The van der Waals surface area contributed by atoms with Gasteiger partial charge in [0.1, 0.15) is 0 Å². The molecule has 0 bridgehead atoms. The average Bonchev–Trinajstić information content (AvgIpc) is 2.75. The van der Waals surface area contributed by atoms with Crippen LogP contribution in [0.25, 0.3) is 0 Å². The van der Waals surface area contributed by atoms with Crippen molar-refractivity contribution in [3.05, 3.63) is 28.5 Å². The van der Waals surface area contributed by atoms with Crippen molar-refractivity contribution in [1.29, 1.82) is 0 Å². The zero-order chi connectivity index (χ0) is 23.3. The largest absolute Gasteiger partial charge is 0.490 e. The van der Waals surface area contributed by atoms with Gasteiger partial charge in [0.2, 0.25) is 0 Å². The molecule has 0 heterocycles. The first-order chi connectivity index (χ1) is 15.2. The van der Waals surface area contributed by atoms with Gasteiger partial charge in [-0.2, -0.15) is 0 Å². The van der Waals surface area contributed by atoms with Crippen LogP contribution in [0.3, 0.4) is 0 Å². The van der Waals surface area contributed by atoms with E-state index in [-0.39, 0.29) is 35.4 Å². The van der Waals surface area contributed by atoms with Crippen LogP contribution < -0.4 is 4.74 Å². The maximum absolute atomic E-state index is 14.9. The lowest BCUT2D eigenvalue weighted by molar-refractivity contribution is 0.156.